The van der Waals surface area contributed by atoms with E-state index in [0.29, 0.717) is 25.5 Å². The topological polar surface area (TPSA) is 40.6 Å². The van der Waals surface area contributed by atoms with Gasteiger partial charge in [0.2, 0.25) is 0 Å². The summed E-state index contributed by atoms with van der Waals surface area (Å²) in [4.78, 5) is 4.28. The van der Waals surface area contributed by atoms with Gasteiger partial charge in [-0.2, -0.15) is 0 Å². The molecule has 0 aliphatic rings. The highest BCUT2D eigenvalue weighted by molar-refractivity contribution is 9.10. The smallest absolute Gasteiger partial charge is 0.323 e. The highest BCUT2D eigenvalue weighted by atomic mass is 79.9. The van der Waals surface area contributed by atoms with Crippen LogP contribution in [0.2, 0.25) is 0 Å². The number of pyridine rings is 1. The third kappa shape index (κ3) is 3.74. The third-order valence-electron chi connectivity index (χ3n) is 2.04. The van der Waals surface area contributed by atoms with Crippen molar-refractivity contribution in [3.8, 4) is 0 Å². The van der Waals surface area contributed by atoms with Crippen molar-refractivity contribution in [1.29, 1.82) is 0 Å². The summed E-state index contributed by atoms with van der Waals surface area (Å²) < 4.78 is 17.7. The van der Waals surface area contributed by atoms with Gasteiger partial charge < -0.3 is 14.2 Å². The Morgan fingerprint density at radius 2 is 1.59 bits per heavy atom. The fraction of sp³-hybridized carbons (Fsp3) is 0.583. The van der Waals surface area contributed by atoms with Crippen molar-refractivity contribution in [3.63, 3.8) is 0 Å². The van der Waals surface area contributed by atoms with Crippen molar-refractivity contribution in [2.75, 3.05) is 19.8 Å². The van der Waals surface area contributed by atoms with Crippen LogP contribution in [0.4, 0.5) is 0 Å². The first-order chi connectivity index (χ1) is 8.18. The van der Waals surface area contributed by atoms with Crippen molar-refractivity contribution in [2.24, 2.45) is 0 Å². The summed E-state index contributed by atoms with van der Waals surface area (Å²) >= 11 is 3.34. The Hall–Kier alpha value is -0.490. The fourth-order valence-corrected chi connectivity index (χ4v) is 1.71. The second kappa shape index (κ2) is 7.06. The number of hydrogen-bond donors (Lipinski definition) is 0. The van der Waals surface area contributed by atoms with Gasteiger partial charge in [-0.3, -0.25) is 4.98 Å². The molecular weight excluding hydrogens is 286 g/mol. The van der Waals surface area contributed by atoms with Crippen LogP contribution in [-0.2, 0) is 20.2 Å². The Morgan fingerprint density at radius 3 is 1.94 bits per heavy atom. The van der Waals surface area contributed by atoms with E-state index in [2.05, 4.69) is 20.9 Å². The van der Waals surface area contributed by atoms with E-state index in [9.17, 15) is 0 Å². The van der Waals surface area contributed by atoms with Gasteiger partial charge in [0.1, 0.15) is 5.69 Å². The SMILES string of the molecule is CCOC(OCC)(OCC)c1ccc(Br)cn1. The molecule has 1 aromatic rings. The highest BCUT2D eigenvalue weighted by Gasteiger charge is 2.36. The summed E-state index contributed by atoms with van der Waals surface area (Å²) in [6, 6.07) is 3.71. The van der Waals surface area contributed by atoms with Gasteiger partial charge in [-0.1, -0.05) is 0 Å². The summed E-state index contributed by atoms with van der Waals surface area (Å²) in [5.41, 5.74) is 0.617. The minimum Gasteiger partial charge on any atom is -0.323 e. The maximum absolute atomic E-state index is 5.61. The van der Waals surface area contributed by atoms with E-state index in [4.69, 9.17) is 14.2 Å². The lowest BCUT2D eigenvalue weighted by Crippen LogP contribution is -2.37. The molecule has 0 bridgehead atoms. The molecule has 5 heteroatoms. The van der Waals surface area contributed by atoms with Crippen LogP contribution in [0.25, 0.3) is 0 Å². The van der Waals surface area contributed by atoms with Gasteiger partial charge in [-0.05, 0) is 48.8 Å². The van der Waals surface area contributed by atoms with Crippen molar-refractivity contribution in [3.05, 3.63) is 28.5 Å². The molecule has 1 rings (SSSR count). The first kappa shape index (κ1) is 14.6. The lowest BCUT2D eigenvalue weighted by atomic mass is 10.3. The first-order valence-corrected chi connectivity index (χ1v) is 6.51. The van der Waals surface area contributed by atoms with Crippen LogP contribution in [0, 0.1) is 0 Å². The molecule has 0 fully saturated rings. The summed E-state index contributed by atoms with van der Waals surface area (Å²) in [6.45, 7) is 7.14. The fourth-order valence-electron chi connectivity index (χ4n) is 1.47. The predicted octanol–water partition coefficient (Wildman–Crippen LogP) is 3.06. The number of hydrogen-bond acceptors (Lipinski definition) is 4. The maximum atomic E-state index is 5.61. The number of halogens is 1. The number of nitrogens with zero attached hydrogens (tertiary/aromatic N) is 1. The molecule has 0 spiro atoms. The van der Waals surface area contributed by atoms with E-state index in [0.717, 1.165) is 4.47 Å². The van der Waals surface area contributed by atoms with Gasteiger partial charge in [-0.15, -0.1) is 0 Å². The average molecular weight is 304 g/mol. The van der Waals surface area contributed by atoms with E-state index in [1.54, 1.807) is 6.20 Å². The monoisotopic (exact) mass is 303 g/mol. The summed E-state index contributed by atoms with van der Waals surface area (Å²) in [6.07, 6.45) is 1.70. The van der Waals surface area contributed by atoms with E-state index in [1.807, 2.05) is 32.9 Å². The van der Waals surface area contributed by atoms with Gasteiger partial charge in [-0.25, -0.2) is 0 Å². The summed E-state index contributed by atoms with van der Waals surface area (Å²) in [7, 11) is 0. The highest BCUT2D eigenvalue weighted by Crippen LogP contribution is 2.28. The van der Waals surface area contributed by atoms with Crippen LogP contribution >= 0.6 is 15.9 Å². The molecule has 0 aliphatic heterocycles. The maximum Gasteiger partial charge on any atom is 0.329 e. The lowest BCUT2D eigenvalue weighted by molar-refractivity contribution is -0.391. The number of rotatable bonds is 7. The molecule has 0 radical (unpaired) electrons. The summed E-state index contributed by atoms with van der Waals surface area (Å²) in [5, 5.41) is 0. The van der Waals surface area contributed by atoms with E-state index >= 15 is 0 Å². The van der Waals surface area contributed by atoms with Gasteiger partial charge in [0.05, 0.1) is 19.8 Å². The normalized spacial score (nSPS) is 11.8. The molecule has 96 valence electrons. The minimum absolute atomic E-state index is 0.484. The molecule has 0 saturated heterocycles. The van der Waals surface area contributed by atoms with Crippen LogP contribution in [0.15, 0.2) is 22.8 Å². The molecule has 0 unspecified atom stereocenters. The van der Waals surface area contributed by atoms with Gasteiger partial charge in [0, 0.05) is 10.7 Å². The molecule has 1 heterocycles. The van der Waals surface area contributed by atoms with Gasteiger partial charge in [0.15, 0.2) is 0 Å². The van der Waals surface area contributed by atoms with Crippen molar-refractivity contribution in [2.45, 2.75) is 26.7 Å². The Balaban J connectivity index is 3.04. The largest absolute Gasteiger partial charge is 0.329 e. The predicted molar refractivity (Wildman–Crippen MR) is 68.5 cm³/mol. The Bertz CT molecular complexity index is 312. The molecular formula is C12H18BrNO3. The zero-order valence-electron chi connectivity index (χ0n) is 10.4. The number of aromatic nitrogens is 1. The zero-order valence-corrected chi connectivity index (χ0v) is 12.0. The van der Waals surface area contributed by atoms with Gasteiger partial charge in [0.25, 0.3) is 0 Å². The zero-order chi connectivity index (χ0) is 12.7. The Labute approximate surface area is 110 Å². The van der Waals surface area contributed by atoms with Crippen LogP contribution < -0.4 is 0 Å². The van der Waals surface area contributed by atoms with E-state index < -0.39 is 5.97 Å². The van der Waals surface area contributed by atoms with Crippen LogP contribution in [0.3, 0.4) is 0 Å². The Kier molecular flexibility index (Phi) is 6.05. The van der Waals surface area contributed by atoms with Crippen molar-refractivity contribution >= 4 is 15.9 Å². The standard InChI is InChI=1S/C12H18BrNO3/c1-4-15-12(16-5-2,17-6-3)11-8-7-10(13)9-14-11/h7-9H,4-6H2,1-3H3. The second-order valence-electron chi connectivity index (χ2n) is 3.22. The molecule has 0 N–H and O–H groups in total. The molecule has 0 aromatic carbocycles. The summed E-state index contributed by atoms with van der Waals surface area (Å²) in [5.74, 6) is -1.20. The van der Waals surface area contributed by atoms with E-state index in [-0.39, 0.29) is 0 Å². The van der Waals surface area contributed by atoms with Crippen LogP contribution in [0.1, 0.15) is 26.5 Å². The quantitative estimate of drug-likeness (QED) is 0.726. The van der Waals surface area contributed by atoms with E-state index in [1.165, 1.54) is 0 Å². The third-order valence-corrected chi connectivity index (χ3v) is 2.51. The molecule has 0 saturated carbocycles. The van der Waals surface area contributed by atoms with Crippen LogP contribution in [-0.4, -0.2) is 24.8 Å². The van der Waals surface area contributed by atoms with Crippen molar-refractivity contribution in [1.82, 2.24) is 4.98 Å². The molecule has 4 nitrogen and oxygen atoms in total. The van der Waals surface area contributed by atoms with Crippen LogP contribution in [0.5, 0.6) is 0 Å². The molecule has 0 amide bonds. The van der Waals surface area contributed by atoms with Crippen molar-refractivity contribution < 1.29 is 14.2 Å². The number of ether oxygens (including phenoxy) is 3. The Morgan fingerprint density at radius 1 is 1.06 bits per heavy atom. The first-order valence-electron chi connectivity index (χ1n) is 5.72. The minimum atomic E-state index is -1.20. The lowest BCUT2D eigenvalue weighted by Gasteiger charge is -2.31. The molecule has 0 aliphatic carbocycles. The second-order valence-corrected chi connectivity index (χ2v) is 4.13. The average Bonchev–Trinajstić information content (AvgIpc) is 2.30. The molecule has 1 aromatic heterocycles. The van der Waals surface area contributed by atoms with Gasteiger partial charge >= 0.3 is 5.97 Å². The molecule has 17 heavy (non-hydrogen) atoms. The molecule has 0 atom stereocenters.